The third-order valence-corrected chi connectivity index (χ3v) is 4.23. The van der Waals surface area contributed by atoms with Crippen molar-refractivity contribution in [1.82, 2.24) is 10.2 Å². The number of amides is 2. The number of hydrogen-bond donors (Lipinski definition) is 2. The van der Waals surface area contributed by atoms with E-state index in [1.165, 1.54) is 4.90 Å². The topological polar surface area (TPSA) is 101 Å². The molecule has 0 aromatic carbocycles. The van der Waals surface area contributed by atoms with Crippen LogP contribution in [0.1, 0.15) is 58.3 Å². The Morgan fingerprint density at radius 2 is 1.80 bits per heavy atom. The Bertz CT molecular complexity index is 415. The van der Waals surface area contributed by atoms with Crippen LogP contribution in [0.4, 0.5) is 0 Å². The smallest absolute Gasteiger partial charge is 0.662 e. The van der Waals surface area contributed by atoms with Crippen LogP contribution in [-0.4, -0.2) is 60.0 Å². The van der Waals surface area contributed by atoms with Crippen molar-refractivity contribution in [2.24, 2.45) is 0 Å². The van der Waals surface area contributed by atoms with Crippen molar-refractivity contribution >= 4 is 17.8 Å². The predicted molar refractivity (Wildman–Crippen MR) is 91.8 cm³/mol. The van der Waals surface area contributed by atoms with Gasteiger partial charge in [0.1, 0.15) is 6.54 Å². The average molecular weight is 426 g/mol. The Kier molecular flexibility index (Phi) is 15.4. The maximum Gasteiger partial charge on any atom is 1.00 e. The molecule has 25 heavy (non-hydrogen) atoms. The monoisotopic (exact) mass is 425 g/mol. The van der Waals surface area contributed by atoms with Crippen molar-refractivity contribution in [1.29, 1.82) is 0 Å². The van der Waals surface area contributed by atoms with Gasteiger partial charge in [-0.25, -0.2) is 0 Å². The van der Waals surface area contributed by atoms with Crippen molar-refractivity contribution in [2.45, 2.75) is 64.3 Å². The van der Waals surface area contributed by atoms with Crippen molar-refractivity contribution in [3.8, 4) is 0 Å². The summed E-state index contributed by atoms with van der Waals surface area (Å²) in [6, 6.07) is -0.0804. The molecule has 0 aromatic rings. The number of carbonyl (C=O) groups excluding carboxylic acids is 2. The maximum atomic E-state index is 12.3. The van der Waals surface area contributed by atoms with Gasteiger partial charge in [0.2, 0.25) is 11.8 Å². The Hall–Kier alpha value is 0.175. The van der Waals surface area contributed by atoms with Crippen LogP contribution in [0.25, 0.3) is 5.32 Å². The van der Waals surface area contributed by atoms with Gasteiger partial charge in [-0.3, -0.25) is 14.4 Å². The molecule has 1 rings (SSSR count). The molecule has 2 N–H and O–H groups in total. The summed E-state index contributed by atoms with van der Waals surface area (Å²) in [5, 5.41) is 16.1. The first-order chi connectivity index (χ1) is 11.5. The van der Waals surface area contributed by atoms with E-state index in [9.17, 15) is 14.4 Å². The van der Waals surface area contributed by atoms with Gasteiger partial charge in [-0.15, -0.1) is 13.1 Å². The Morgan fingerprint density at radius 3 is 2.40 bits per heavy atom. The Morgan fingerprint density at radius 1 is 1.12 bits per heavy atom. The van der Waals surface area contributed by atoms with Gasteiger partial charge in [0.25, 0.3) is 0 Å². The van der Waals surface area contributed by atoms with Crippen LogP contribution in [-0.2, 0) is 14.4 Å². The van der Waals surface area contributed by atoms with Gasteiger partial charge in [-0.05, 0) is 6.42 Å². The van der Waals surface area contributed by atoms with E-state index < -0.39 is 5.97 Å². The zero-order valence-electron chi connectivity index (χ0n) is 15.6. The minimum Gasteiger partial charge on any atom is -0.662 e. The number of carboxylic acid groups (broad SMARTS) is 1. The first-order valence-electron chi connectivity index (χ1n) is 8.95. The van der Waals surface area contributed by atoms with E-state index in [0.717, 1.165) is 25.7 Å². The summed E-state index contributed by atoms with van der Waals surface area (Å²) in [5.74, 6) is -1.43. The van der Waals surface area contributed by atoms with Crippen LogP contribution in [0.5, 0.6) is 0 Å². The Balaban J connectivity index is 0.00000576. The van der Waals surface area contributed by atoms with Crippen LogP contribution in [0, 0.1) is 0 Å². The second-order valence-electron chi connectivity index (χ2n) is 6.23. The molecule has 2 amide bonds. The van der Waals surface area contributed by atoms with Gasteiger partial charge in [0.05, 0.1) is 0 Å². The molecule has 1 saturated heterocycles. The summed E-state index contributed by atoms with van der Waals surface area (Å²) in [5.41, 5.74) is 0. The van der Waals surface area contributed by atoms with Gasteiger partial charge in [-0.2, -0.15) is 0 Å². The van der Waals surface area contributed by atoms with Crippen LogP contribution in [0.3, 0.4) is 0 Å². The fraction of sp³-hybridized carbons (Fsp3) is 0.824. The second kappa shape index (κ2) is 15.3. The minimum absolute atomic E-state index is 0. The zero-order chi connectivity index (χ0) is 17.8. The van der Waals surface area contributed by atoms with Crippen molar-refractivity contribution in [3.63, 3.8) is 0 Å². The summed E-state index contributed by atoms with van der Waals surface area (Å²) in [7, 11) is 0. The van der Waals surface area contributed by atoms with E-state index in [2.05, 4.69) is 17.6 Å². The average Bonchev–Trinajstić information content (AvgIpc) is 2.58. The number of hydrogen-bond acceptors (Lipinski definition) is 3. The van der Waals surface area contributed by atoms with Gasteiger partial charge in [-0.1, -0.05) is 39.0 Å². The summed E-state index contributed by atoms with van der Waals surface area (Å²) in [6.07, 6.45) is 5.91. The van der Waals surface area contributed by atoms with E-state index in [1.807, 2.05) is 0 Å². The third-order valence-electron chi connectivity index (χ3n) is 4.23. The summed E-state index contributed by atoms with van der Waals surface area (Å²) in [6.45, 7) is 3.78. The molecular weight excluding hydrogens is 396 g/mol. The molecule has 0 aliphatic carbocycles. The summed E-state index contributed by atoms with van der Waals surface area (Å²) < 4.78 is 0. The fourth-order valence-electron chi connectivity index (χ4n) is 2.85. The van der Waals surface area contributed by atoms with E-state index in [-0.39, 0.29) is 95.4 Å². The number of aliphatic carboxylic acids is 1. The van der Waals surface area contributed by atoms with Gasteiger partial charge >= 0.3 is 64.2 Å². The van der Waals surface area contributed by atoms with Crippen LogP contribution < -0.4 is 63.5 Å². The van der Waals surface area contributed by atoms with Crippen LogP contribution in [0.2, 0.25) is 0 Å². The summed E-state index contributed by atoms with van der Waals surface area (Å²) >= 11 is 0. The van der Waals surface area contributed by atoms with E-state index in [4.69, 9.17) is 5.11 Å². The SMILES string of the molecule is CCCCCCNC(=O)CCC(=O)N(CC(=O)O)C1CC[N-]CC1.[Rb+]. The molecule has 8 heteroatoms. The van der Waals surface area contributed by atoms with Gasteiger partial charge in [0, 0.05) is 25.4 Å². The first kappa shape index (κ1) is 25.2. The number of carboxylic acids is 1. The molecule has 0 aromatic heterocycles. The molecule has 138 valence electrons. The van der Waals surface area contributed by atoms with Crippen molar-refractivity contribution < 1.29 is 77.7 Å². The maximum absolute atomic E-state index is 12.3. The molecule has 1 fully saturated rings. The molecule has 1 heterocycles. The molecule has 0 unspecified atom stereocenters. The molecule has 0 radical (unpaired) electrons. The number of nitrogens with one attached hydrogen (secondary N) is 1. The fourth-order valence-corrected chi connectivity index (χ4v) is 2.85. The number of rotatable bonds is 11. The molecule has 0 spiro atoms. The Labute approximate surface area is 199 Å². The van der Waals surface area contributed by atoms with Crippen LogP contribution >= 0.6 is 0 Å². The van der Waals surface area contributed by atoms with Crippen LogP contribution in [0.15, 0.2) is 0 Å². The number of nitrogens with zero attached hydrogens (tertiary/aromatic N) is 2. The number of carbonyl (C=O) groups is 3. The van der Waals surface area contributed by atoms with Crippen molar-refractivity contribution in [3.05, 3.63) is 5.32 Å². The molecule has 0 atom stereocenters. The third kappa shape index (κ3) is 11.5. The number of piperidine rings is 1. The molecule has 0 bridgehead atoms. The summed E-state index contributed by atoms with van der Waals surface area (Å²) in [4.78, 5) is 36.6. The minimum atomic E-state index is -1.02. The molecular formula is C17H30N3O4Rb. The number of unbranched alkanes of at least 4 members (excludes halogenated alkanes) is 3. The van der Waals surface area contributed by atoms with E-state index >= 15 is 0 Å². The molecule has 1 aliphatic heterocycles. The molecule has 0 saturated carbocycles. The largest absolute Gasteiger partial charge is 1.00 e. The van der Waals surface area contributed by atoms with E-state index in [1.54, 1.807) is 0 Å². The first-order valence-corrected chi connectivity index (χ1v) is 8.95. The quantitative estimate of drug-likeness (QED) is 0.411. The normalized spacial score (nSPS) is 14.4. The second-order valence-corrected chi connectivity index (χ2v) is 6.23. The standard InChI is InChI=1S/C17H30N3O4.Rb/c1-2-3-4-5-10-19-15(21)6-7-16(22)20(13-17(23)24)14-8-11-18-12-9-14;/h14H,2-13H2,1H3,(H,19,21)(H,23,24);/q-1;+1. The molecule has 1 aliphatic rings. The van der Waals surface area contributed by atoms with E-state index in [0.29, 0.717) is 32.5 Å². The predicted octanol–water partition coefficient (Wildman–Crippen LogP) is -1.08. The van der Waals surface area contributed by atoms with Gasteiger partial charge in [0.15, 0.2) is 0 Å². The molecule has 7 nitrogen and oxygen atoms in total. The van der Waals surface area contributed by atoms with Crippen molar-refractivity contribution in [2.75, 3.05) is 26.2 Å². The zero-order valence-corrected chi connectivity index (χ0v) is 20.5. The van der Waals surface area contributed by atoms with Gasteiger partial charge < -0.3 is 20.6 Å².